The number of fused-ring (bicyclic) bond motifs is 1. The molecule has 0 spiro atoms. The van der Waals surface area contributed by atoms with Crippen LogP contribution in [0.25, 0.3) is 34.0 Å². The summed E-state index contributed by atoms with van der Waals surface area (Å²) >= 11 is 0. The minimum absolute atomic E-state index is 0.777. The van der Waals surface area contributed by atoms with Crippen LogP contribution in [-0.2, 0) is 0 Å². The van der Waals surface area contributed by atoms with Crippen molar-refractivity contribution in [2.75, 3.05) is 0 Å². The maximum atomic E-state index is 4.53. The molecule has 0 aliphatic carbocycles. The highest BCUT2D eigenvalue weighted by molar-refractivity contribution is 5.74. The highest BCUT2D eigenvalue weighted by atomic mass is 15.2. The molecule has 25 heavy (non-hydrogen) atoms. The number of hydrogen-bond acceptors (Lipinski definition) is 4. The van der Waals surface area contributed by atoms with Crippen LogP contribution in [-0.4, -0.2) is 34.3 Å². The van der Waals surface area contributed by atoms with Crippen molar-refractivity contribution in [3.63, 3.8) is 0 Å². The van der Waals surface area contributed by atoms with Gasteiger partial charge in [0.05, 0.1) is 17.5 Å². The normalized spacial score (nSPS) is 11.2. The molecule has 0 aliphatic rings. The Hall–Kier alpha value is -3.74. The van der Waals surface area contributed by atoms with Crippen molar-refractivity contribution in [1.29, 1.82) is 0 Å². The smallest absolute Gasteiger partial charge is 0.165 e. The van der Waals surface area contributed by atoms with Gasteiger partial charge in [0.1, 0.15) is 5.82 Å². The van der Waals surface area contributed by atoms with Gasteiger partial charge in [0, 0.05) is 42.2 Å². The molecule has 0 saturated heterocycles. The van der Waals surface area contributed by atoms with Crippen LogP contribution in [0.3, 0.4) is 0 Å². The molecule has 4 heterocycles. The van der Waals surface area contributed by atoms with Gasteiger partial charge in [-0.2, -0.15) is 10.2 Å². The van der Waals surface area contributed by atoms with Gasteiger partial charge in [-0.05, 0) is 24.3 Å². The van der Waals surface area contributed by atoms with Crippen LogP contribution in [0.2, 0.25) is 0 Å². The summed E-state index contributed by atoms with van der Waals surface area (Å²) in [6, 6.07) is 12.0. The van der Waals surface area contributed by atoms with E-state index in [-0.39, 0.29) is 0 Å². The molecular formula is C18H13N7. The first kappa shape index (κ1) is 13.7. The maximum absolute atomic E-state index is 4.53. The topological polar surface area (TPSA) is 76.7 Å². The fraction of sp³-hybridized carbons (Fsp3) is 0. The predicted octanol–water partition coefficient (Wildman–Crippen LogP) is 2.97. The zero-order chi connectivity index (χ0) is 16.6. The minimum atomic E-state index is 0.777. The van der Waals surface area contributed by atoms with Crippen LogP contribution in [0.15, 0.2) is 73.6 Å². The molecule has 5 aromatic rings. The molecule has 0 bridgehead atoms. The van der Waals surface area contributed by atoms with Crippen molar-refractivity contribution >= 4 is 5.65 Å². The number of nitrogens with zero attached hydrogens (tertiary/aromatic N) is 6. The van der Waals surface area contributed by atoms with Gasteiger partial charge in [-0.3, -0.25) is 9.67 Å². The average molecular weight is 327 g/mol. The number of aromatic nitrogens is 7. The first-order valence-electron chi connectivity index (χ1n) is 7.82. The number of rotatable bonds is 3. The third kappa shape index (κ3) is 2.21. The molecule has 7 heteroatoms. The summed E-state index contributed by atoms with van der Waals surface area (Å²) in [5.41, 5.74) is 4.71. The Morgan fingerprint density at radius 3 is 2.84 bits per heavy atom. The van der Waals surface area contributed by atoms with Gasteiger partial charge >= 0.3 is 0 Å². The molecule has 0 amide bonds. The number of hydrogen-bond donors (Lipinski definition) is 1. The lowest BCUT2D eigenvalue weighted by molar-refractivity contribution is 0.939. The SMILES string of the molecule is c1cc(-c2ccn[nH]2)cc(-n2ccnc2-c2cnn3cccnc23)c1. The standard InChI is InChI=1S/C18H13N7/c1-3-13(16-5-7-21-23-16)11-14(4-1)24-10-8-20-17(24)15-12-22-25-9-2-6-19-18(15)25/h1-12H,(H,21,23). The molecule has 0 atom stereocenters. The van der Waals surface area contributed by atoms with Crippen molar-refractivity contribution in [2.45, 2.75) is 0 Å². The maximum Gasteiger partial charge on any atom is 0.165 e. The fourth-order valence-electron chi connectivity index (χ4n) is 2.94. The summed E-state index contributed by atoms with van der Waals surface area (Å²) in [4.78, 5) is 8.95. The van der Waals surface area contributed by atoms with E-state index >= 15 is 0 Å². The van der Waals surface area contributed by atoms with Gasteiger partial charge in [-0.15, -0.1) is 0 Å². The quantitative estimate of drug-likeness (QED) is 0.553. The highest BCUT2D eigenvalue weighted by Crippen LogP contribution is 2.26. The third-order valence-electron chi connectivity index (χ3n) is 4.10. The van der Waals surface area contributed by atoms with Gasteiger partial charge in [-0.25, -0.2) is 14.5 Å². The second kappa shape index (κ2) is 5.41. The van der Waals surface area contributed by atoms with Crippen molar-refractivity contribution in [3.05, 3.63) is 73.6 Å². The van der Waals surface area contributed by atoms with Crippen molar-refractivity contribution in [1.82, 2.24) is 34.3 Å². The number of nitrogens with one attached hydrogen (secondary N) is 1. The van der Waals surface area contributed by atoms with Crippen molar-refractivity contribution in [3.8, 4) is 28.3 Å². The Kier molecular flexibility index (Phi) is 2.96. The number of benzene rings is 1. The largest absolute Gasteiger partial charge is 0.300 e. The minimum Gasteiger partial charge on any atom is -0.300 e. The summed E-state index contributed by atoms with van der Waals surface area (Å²) in [7, 11) is 0. The van der Waals surface area contributed by atoms with E-state index in [1.807, 2.05) is 47.3 Å². The van der Waals surface area contributed by atoms with Gasteiger partial charge in [0.2, 0.25) is 0 Å². The van der Waals surface area contributed by atoms with Gasteiger partial charge in [0.15, 0.2) is 5.65 Å². The van der Waals surface area contributed by atoms with E-state index in [9.17, 15) is 0 Å². The molecule has 0 saturated carbocycles. The number of aromatic amines is 1. The van der Waals surface area contributed by atoms with Gasteiger partial charge in [0.25, 0.3) is 0 Å². The molecule has 120 valence electrons. The first-order chi connectivity index (χ1) is 12.4. The predicted molar refractivity (Wildman–Crippen MR) is 93.1 cm³/mol. The van der Waals surface area contributed by atoms with Crippen molar-refractivity contribution < 1.29 is 0 Å². The lowest BCUT2D eigenvalue weighted by Gasteiger charge is -2.08. The van der Waals surface area contributed by atoms with Crippen LogP contribution in [0.5, 0.6) is 0 Å². The van der Waals surface area contributed by atoms with Gasteiger partial charge < -0.3 is 0 Å². The number of imidazole rings is 1. The first-order valence-corrected chi connectivity index (χ1v) is 7.82. The second-order valence-corrected chi connectivity index (χ2v) is 5.59. The van der Waals surface area contributed by atoms with Crippen LogP contribution >= 0.6 is 0 Å². The van der Waals surface area contributed by atoms with E-state index in [2.05, 4.69) is 31.3 Å². The Balaban J connectivity index is 1.66. The molecule has 0 fully saturated rings. The molecule has 1 N–H and O–H groups in total. The van der Waals surface area contributed by atoms with E-state index in [1.54, 1.807) is 29.3 Å². The van der Waals surface area contributed by atoms with Gasteiger partial charge in [-0.1, -0.05) is 12.1 Å². The molecule has 0 unspecified atom stereocenters. The highest BCUT2D eigenvalue weighted by Gasteiger charge is 2.14. The lowest BCUT2D eigenvalue weighted by atomic mass is 10.1. The molecule has 0 aliphatic heterocycles. The molecule has 0 radical (unpaired) electrons. The van der Waals surface area contributed by atoms with Crippen LogP contribution in [0.1, 0.15) is 0 Å². The third-order valence-corrected chi connectivity index (χ3v) is 4.10. The molecule has 1 aromatic carbocycles. The Morgan fingerprint density at radius 1 is 0.920 bits per heavy atom. The average Bonchev–Trinajstić information content (AvgIpc) is 3.40. The molecular weight excluding hydrogens is 314 g/mol. The number of H-pyrrole nitrogens is 1. The zero-order valence-electron chi connectivity index (χ0n) is 13.1. The van der Waals surface area contributed by atoms with Crippen LogP contribution in [0, 0.1) is 0 Å². The molecule has 5 rings (SSSR count). The summed E-state index contributed by atoms with van der Waals surface area (Å²) in [6.07, 6.45) is 10.9. The second-order valence-electron chi connectivity index (χ2n) is 5.59. The van der Waals surface area contributed by atoms with E-state index in [1.165, 1.54) is 0 Å². The summed E-state index contributed by atoms with van der Waals surface area (Å²) in [5, 5.41) is 11.4. The summed E-state index contributed by atoms with van der Waals surface area (Å²) < 4.78 is 3.78. The monoisotopic (exact) mass is 327 g/mol. The van der Waals surface area contributed by atoms with Crippen molar-refractivity contribution in [2.24, 2.45) is 0 Å². The lowest BCUT2D eigenvalue weighted by Crippen LogP contribution is -1.97. The molecule has 7 nitrogen and oxygen atoms in total. The van der Waals surface area contributed by atoms with E-state index < -0.39 is 0 Å². The molecule has 4 aromatic heterocycles. The van der Waals surface area contributed by atoms with E-state index in [4.69, 9.17) is 0 Å². The Morgan fingerprint density at radius 2 is 1.92 bits per heavy atom. The zero-order valence-corrected chi connectivity index (χ0v) is 13.1. The van der Waals surface area contributed by atoms with E-state index in [0.717, 1.165) is 34.0 Å². The summed E-state index contributed by atoms with van der Waals surface area (Å²) in [5.74, 6) is 0.801. The summed E-state index contributed by atoms with van der Waals surface area (Å²) in [6.45, 7) is 0. The van der Waals surface area contributed by atoms with E-state index in [0.29, 0.717) is 0 Å². The van der Waals surface area contributed by atoms with Crippen LogP contribution < -0.4 is 0 Å². The Labute approximate surface area is 142 Å². The Bertz CT molecular complexity index is 1150. The fourth-order valence-corrected chi connectivity index (χ4v) is 2.94. The van der Waals surface area contributed by atoms with Crippen LogP contribution in [0.4, 0.5) is 0 Å².